The molecular weight excluding hydrogens is 384 g/mol. The molecule has 0 spiro atoms. The summed E-state index contributed by atoms with van der Waals surface area (Å²) >= 11 is 0. The second-order valence-corrected chi connectivity index (χ2v) is 6.68. The molecular formula is C18H28N4O7. The fraction of sp³-hybridized carbons (Fsp3) is 0.722. The number of rotatable bonds is 2. The van der Waals surface area contributed by atoms with Gasteiger partial charge in [-0.1, -0.05) is 0 Å². The van der Waals surface area contributed by atoms with Gasteiger partial charge in [-0.25, -0.2) is 9.78 Å². The van der Waals surface area contributed by atoms with Crippen molar-refractivity contribution in [3.05, 3.63) is 27.2 Å². The Balaban J connectivity index is 1.73. The van der Waals surface area contributed by atoms with Crippen LogP contribution in [0, 0.1) is 0 Å². The maximum atomic E-state index is 12.6. The molecule has 3 rings (SSSR count). The Labute approximate surface area is 167 Å². The van der Waals surface area contributed by atoms with Crippen LogP contribution < -0.4 is 11.2 Å². The van der Waals surface area contributed by atoms with E-state index in [1.54, 1.807) is 17.9 Å². The van der Waals surface area contributed by atoms with E-state index in [0.717, 1.165) is 4.57 Å². The molecule has 1 aliphatic rings. The van der Waals surface area contributed by atoms with Gasteiger partial charge in [0.15, 0.2) is 11.2 Å². The first-order valence-electron chi connectivity index (χ1n) is 9.63. The molecule has 1 atom stereocenters. The first-order valence-corrected chi connectivity index (χ1v) is 9.63. The highest BCUT2D eigenvalue weighted by Gasteiger charge is 2.18. The molecule has 1 unspecified atom stereocenters. The first-order chi connectivity index (χ1) is 14.1. The minimum absolute atomic E-state index is 0.320. The molecule has 29 heavy (non-hydrogen) atoms. The molecule has 0 N–H and O–H groups in total. The molecule has 162 valence electrons. The largest absolute Gasteiger partial charge is 0.377 e. The number of ether oxygens (including phenoxy) is 5. The molecule has 0 amide bonds. The molecule has 1 saturated heterocycles. The summed E-state index contributed by atoms with van der Waals surface area (Å²) < 4.78 is 32.0. The number of imidazole rings is 1. The molecule has 2 aromatic heterocycles. The van der Waals surface area contributed by atoms with Crippen LogP contribution in [0.1, 0.15) is 0 Å². The van der Waals surface area contributed by atoms with Crippen molar-refractivity contribution in [3.63, 3.8) is 0 Å². The third kappa shape index (κ3) is 5.52. The Bertz CT molecular complexity index is 888. The summed E-state index contributed by atoms with van der Waals surface area (Å²) in [5.41, 5.74) is -0.114. The lowest BCUT2D eigenvalue weighted by Gasteiger charge is -2.19. The van der Waals surface area contributed by atoms with Crippen LogP contribution in [-0.4, -0.2) is 84.3 Å². The zero-order chi connectivity index (χ0) is 20.6. The van der Waals surface area contributed by atoms with Crippen molar-refractivity contribution in [1.82, 2.24) is 18.7 Å². The van der Waals surface area contributed by atoms with E-state index in [0.29, 0.717) is 77.2 Å². The van der Waals surface area contributed by atoms with Crippen LogP contribution in [0.4, 0.5) is 0 Å². The van der Waals surface area contributed by atoms with Crippen molar-refractivity contribution in [1.29, 1.82) is 0 Å². The standard InChI is InChI=1S/C18H28N4O7/c1-20-16-15(17(23)21(2)18(20)24)22(13-19-16)11-14-12-28-8-7-26-4-3-25-5-6-27-9-10-29-14/h13-14H,3-12H2,1-2H3. The Hall–Kier alpha value is -2.05. The van der Waals surface area contributed by atoms with Gasteiger partial charge in [-0.3, -0.25) is 13.9 Å². The number of aryl methyl sites for hydroxylation is 1. The summed E-state index contributed by atoms with van der Waals surface area (Å²) in [6.07, 6.45) is 1.22. The lowest BCUT2D eigenvalue weighted by molar-refractivity contribution is -0.0512. The zero-order valence-electron chi connectivity index (χ0n) is 16.9. The fourth-order valence-electron chi connectivity index (χ4n) is 3.06. The quantitative estimate of drug-likeness (QED) is 0.612. The van der Waals surface area contributed by atoms with Crippen LogP contribution in [0.3, 0.4) is 0 Å². The average molecular weight is 412 g/mol. The smallest absolute Gasteiger partial charge is 0.332 e. The number of nitrogens with zero attached hydrogens (tertiary/aromatic N) is 4. The van der Waals surface area contributed by atoms with E-state index in [4.69, 9.17) is 23.7 Å². The van der Waals surface area contributed by atoms with Crippen molar-refractivity contribution < 1.29 is 23.7 Å². The highest BCUT2D eigenvalue weighted by Crippen LogP contribution is 2.08. The number of hydrogen-bond donors (Lipinski definition) is 0. The molecule has 11 heteroatoms. The van der Waals surface area contributed by atoms with E-state index in [2.05, 4.69) is 4.98 Å². The molecule has 1 aliphatic heterocycles. The number of aromatic nitrogens is 4. The van der Waals surface area contributed by atoms with E-state index >= 15 is 0 Å². The van der Waals surface area contributed by atoms with Crippen molar-refractivity contribution >= 4 is 11.2 Å². The van der Waals surface area contributed by atoms with Gasteiger partial charge in [0.2, 0.25) is 0 Å². The summed E-state index contributed by atoms with van der Waals surface area (Å²) in [4.78, 5) is 28.9. The summed E-state index contributed by atoms with van der Waals surface area (Å²) in [6, 6.07) is 0. The van der Waals surface area contributed by atoms with E-state index < -0.39 is 11.2 Å². The molecule has 0 radical (unpaired) electrons. The fourth-order valence-corrected chi connectivity index (χ4v) is 3.06. The lowest BCUT2D eigenvalue weighted by Crippen LogP contribution is -2.38. The van der Waals surface area contributed by atoms with Gasteiger partial charge in [0, 0.05) is 14.1 Å². The first kappa shape index (κ1) is 21.7. The van der Waals surface area contributed by atoms with E-state index in [1.165, 1.54) is 11.6 Å². The number of fused-ring (bicyclic) bond motifs is 1. The van der Waals surface area contributed by atoms with Gasteiger partial charge in [0.1, 0.15) is 0 Å². The van der Waals surface area contributed by atoms with Crippen molar-refractivity contribution in [3.8, 4) is 0 Å². The van der Waals surface area contributed by atoms with Gasteiger partial charge < -0.3 is 28.3 Å². The maximum Gasteiger partial charge on any atom is 0.332 e. The minimum Gasteiger partial charge on any atom is -0.377 e. The molecule has 11 nitrogen and oxygen atoms in total. The van der Waals surface area contributed by atoms with Crippen LogP contribution in [0.5, 0.6) is 0 Å². The van der Waals surface area contributed by atoms with Gasteiger partial charge in [0.05, 0.1) is 78.4 Å². The van der Waals surface area contributed by atoms with Gasteiger partial charge in [-0.05, 0) is 0 Å². The SMILES string of the molecule is Cn1c(=O)c2c(ncn2CC2COCCOCCOCCOCCO2)n(C)c1=O. The number of hydrogen-bond acceptors (Lipinski definition) is 8. The van der Waals surface area contributed by atoms with Crippen LogP contribution in [0.15, 0.2) is 15.9 Å². The van der Waals surface area contributed by atoms with Gasteiger partial charge >= 0.3 is 5.69 Å². The van der Waals surface area contributed by atoms with E-state index in [9.17, 15) is 9.59 Å². The van der Waals surface area contributed by atoms with Crippen LogP contribution in [0.2, 0.25) is 0 Å². The highest BCUT2D eigenvalue weighted by atomic mass is 16.6. The predicted molar refractivity (Wildman–Crippen MR) is 103 cm³/mol. The highest BCUT2D eigenvalue weighted by molar-refractivity contribution is 5.69. The van der Waals surface area contributed by atoms with Gasteiger partial charge in [-0.15, -0.1) is 0 Å². The molecule has 0 aliphatic carbocycles. The molecule has 1 fully saturated rings. The molecule has 3 heterocycles. The van der Waals surface area contributed by atoms with Crippen LogP contribution in [0.25, 0.3) is 11.2 Å². The van der Waals surface area contributed by atoms with Crippen molar-refractivity contribution in [2.75, 3.05) is 59.5 Å². The molecule has 0 aromatic carbocycles. The van der Waals surface area contributed by atoms with Crippen molar-refractivity contribution in [2.24, 2.45) is 14.1 Å². The van der Waals surface area contributed by atoms with Gasteiger partial charge in [0.25, 0.3) is 5.56 Å². The molecule has 0 saturated carbocycles. The molecule has 2 aromatic rings. The summed E-state index contributed by atoms with van der Waals surface area (Å²) in [7, 11) is 3.04. The normalized spacial score (nSPS) is 21.0. The lowest BCUT2D eigenvalue weighted by atomic mass is 10.3. The van der Waals surface area contributed by atoms with E-state index in [1.807, 2.05) is 0 Å². The second-order valence-electron chi connectivity index (χ2n) is 6.68. The topological polar surface area (TPSA) is 108 Å². The summed E-state index contributed by atoms with van der Waals surface area (Å²) in [5.74, 6) is 0. The van der Waals surface area contributed by atoms with Crippen LogP contribution >= 0.6 is 0 Å². The minimum atomic E-state index is -0.414. The van der Waals surface area contributed by atoms with Crippen LogP contribution in [-0.2, 0) is 44.3 Å². The summed E-state index contributed by atoms with van der Waals surface area (Å²) in [5, 5.41) is 0. The van der Waals surface area contributed by atoms with Crippen molar-refractivity contribution in [2.45, 2.75) is 12.6 Å². The third-order valence-electron chi connectivity index (χ3n) is 4.62. The van der Waals surface area contributed by atoms with E-state index in [-0.39, 0.29) is 6.10 Å². The molecule has 0 bridgehead atoms. The monoisotopic (exact) mass is 412 g/mol. The Morgan fingerprint density at radius 2 is 1.48 bits per heavy atom. The Morgan fingerprint density at radius 3 is 2.14 bits per heavy atom. The Morgan fingerprint density at radius 1 is 0.897 bits per heavy atom. The van der Waals surface area contributed by atoms with Gasteiger partial charge in [-0.2, -0.15) is 0 Å². The maximum absolute atomic E-state index is 12.6. The predicted octanol–water partition coefficient (Wildman–Crippen LogP) is -1.10. The zero-order valence-corrected chi connectivity index (χ0v) is 16.9. The summed E-state index contributed by atoms with van der Waals surface area (Å²) in [6.45, 7) is 4.40. The average Bonchev–Trinajstić information content (AvgIpc) is 3.13. The Kier molecular flexibility index (Phi) is 7.95. The third-order valence-corrected chi connectivity index (χ3v) is 4.62. The second kappa shape index (κ2) is 10.6.